The van der Waals surface area contributed by atoms with E-state index in [9.17, 15) is 10.2 Å². The van der Waals surface area contributed by atoms with Crippen LogP contribution in [-0.4, -0.2) is 24.3 Å². The van der Waals surface area contributed by atoms with E-state index in [0.717, 1.165) is 11.0 Å². The van der Waals surface area contributed by atoms with Crippen LogP contribution in [0.2, 0.25) is 0 Å². The van der Waals surface area contributed by atoms with Gasteiger partial charge in [0.1, 0.15) is 28.2 Å². The van der Waals surface area contributed by atoms with Crippen molar-refractivity contribution in [2.75, 3.05) is 0 Å². The Morgan fingerprint density at radius 2 is 1.56 bits per heavy atom. The average Bonchev–Trinajstić information content (AvgIpc) is 2.99. The summed E-state index contributed by atoms with van der Waals surface area (Å²) in [6.45, 7) is 1.77. The Morgan fingerprint density at radius 3 is 2.17 bits per heavy atom. The van der Waals surface area contributed by atoms with Crippen LogP contribution in [0.5, 0.6) is 11.5 Å². The van der Waals surface area contributed by atoms with Crippen LogP contribution < -0.4 is 0 Å². The van der Waals surface area contributed by atoms with Crippen molar-refractivity contribution in [3.63, 3.8) is 0 Å². The van der Waals surface area contributed by atoms with E-state index in [2.05, 4.69) is 0 Å². The molecule has 0 aliphatic carbocycles. The second-order valence-corrected chi connectivity index (χ2v) is 4.49. The highest BCUT2D eigenvalue weighted by atomic mass is 16.3. The number of aryl methyl sites for hydroxylation is 1. The van der Waals surface area contributed by atoms with Crippen LogP contribution in [0.4, 0.5) is 0 Å². The van der Waals surface area contributed by atoms with Crippen molar-refractivity contribution in [2.45, 2.75) is 6.92 Å². The second-order valence-electron chi connectivity index (χ2n) is 4.49. The number of phenols is 2. The molecule has 18 heavy (non-hydrogen) atoms. The highest BCUT2D eigenvalue weighted by Gasteiger charge is 2.25. The molecule has 2 heterocycles. The lowest BCUT2D eigenvalue weighted by molar-refractivity contribution is 0.454. The molecule has 2 aromatic heterocycles. The number of hydrogen-bond donors (Lipinski definition) is 2. The average molecular weight is 241 g/mol. The number of aromatic nitrogens is 3. The van der Waals surface area contributed by atoms with E-state index < -0.39 is 0 Å². The first-order chi connectivity index (χ1) is 8.68. The summed E-state index contributed by atoms with van der Waals surface area (Å²) in [6, 6.07) is 11.1. The molecule has 2 aromatic carbocycles. The SMILES string of the molecule is Cc1cc(O)cc(-n2n3c4ccccc4n23)c1O. The quantitative estimate of drug-likeness (QED) is 0.502. The molecule has 5 heteroatoms. The number of hydrogen-bond acceptors (Lipinski definition) is 2. The summed E-state index contributed by atoms with van der Waals surface area (Å²) in [4.78, 5) is 1.83. The summed E-state index contributed by atoms with van der Waals surface area (Å²) in [5, 5.41) is 19.7. The lowest BCUT2D eigenvalue weighted by Gasteiger charge is -2.03. The first kappa shape index (κ1) is 9.47. The van der Waals surface area contributed by atoms with Gasteiger partial charge in [-0.1, -0.05) is 12.1 Å². The number of para-hydroxylation sites is 2. The van der Waals surface area contributed by atoms with Gasteiger partial charge in [0.25, 0.3) is 0 Å². The highest BCUT2D eigenvalue weighted by Crippen LogP contribution is 2.34. The van der Waals surface area contributed by atoms with Gasteiger partial charge >= 0.3 is 0 Å². The number of fused-ring (bicyclic) bond motifs is 4. The Hall–Kier alpha value is -2.56. The Labute approximate surface area is 102 Å². The lowest BCUT2D eigenvalue weighted by Crippen LogP contribution is -1.88. The van der Waals surface area contributed by atoms with Gasteiger partial charge < -0.3 is 10.2 Å². The van der Waals surface area contributed by atoms with E-state index >= 15 is 0 Å². The van der Waals surface area contributed by atoms with E-state index in [0.29, 0.717) is 11.3 Å². The third-order valence-electron chi connectivity index (χ3n) is 3.30. The molecule has 0 saturated carbocycles. The molecule has 0 amide bonds. The van der Waals surface area contributed by atoms with Crippen LogP contribution in [0.1, 0.15) is 5.56 Å². The summed E-state index contributed by atoms with van der Waals surface area (Å²) in [7, 11) is 0. The van der Waals surface area contributed by atoms with Gasteiger partial charge in [-0.05, 0) is 30.7 Å². The standard InChI is InChI=1S/C13H11N3O2/c1-8-6-9(17)7-12(13(8)18)16-14-10-4-2-3-5-11(10)15(14)16/h2-7,17-18H,1H3. The molecule has 0 fully saturated rings. The van der Waals surface area contributed by atoms with Gasteiger partial charge in [-0.2, -0.15) is 0 Å². The van der Waals surface area contributed by atoms with Crippen LogP contribution in [-0.2, 0) is 0 Å². The van der Waals surface area contributed by atoms with Crippen molar-refractivity contribution in [1.82, 2.24) is 14.1 Å². The molecular formula is C13H11N3O2. The van der Waals surface area contributed by atoms with Gasteiger partial charge in [0, 0.05) is 6.07 Å². The predicted molar refractivity (Wildman–Crippen MR) is 66.9 cm³/mol. The molecule has 5 nitrogen and oxygen atoms in total. The maximum Gasteiger partial charge on any atom is 0.146 e. The van der Waals surface area contributed by atoms with Gasteiger partial charge in [-0.25, -0.2) is 0 Å². The zero-order valence-electron chi connectivity index (χ0n) is 9.70. The molecule has 0 aliphatic heterocycles. The second kappa shape index (κ2) is 2.81. The number of nitrogens with zero attached hydrogens (tertiary/aromatic N) is 3. The van der Waals surface area contributed by atoms with Crippen molar-refractivity contribution >= 4 is 11.0 Å². The summed E-state index contributed by atoms with van der Waals surface area (Å²) >= 11 is 0. The third kappa shape index (κ3) is 0.964. The molecule has 90 valence electrons. The minimum atomic E-state index is 0.151. The van der Waals surface area contributed by atoms with Crippen molar-refractivity contribution < 1.29 is 10.2 Å². The van der Waals surface area contributed by atoms with Crippen LogP contribution in [0, 0.1) is 6.92 Å². The van der Waals surface area contributed by atoms with Crippen LogP contribution in [0.15, 0.2) is 36.4 Å². The molecule has 2 N–H and O–H groups in total. The van der Waals surface area contributed by atoms with Gasteiger partial charge in [0.05, 0.1) is 0 Å². The minimum Gasteiger partial charge on any atom is -0.508 e. The van der Waals surface area contributed by atoms with E-state index in [1.807, 2.05) is 38.3 Å². The molecule has 0 spiro atoms. The largest absolute Gasteiger partial charge is 0.508 e. The summed E-state index contributed by atoms with van der Waals surface area (Å²) in [5.74, 6) is 0.339. The summed E-state index contributed by atoms with van der Waals surface area (Å²) in [6.07, 6.45) is 0. The molecule has 0 aliphatic rings. The van der Waals surface area contributed by atoms with Crippen LogP contribution in [0.25, 0.3) is 16.7 Å². The fraction of sp³-hybridized carbons (Fsp3) is 0.0769. The molecular weight excluding hydrogens is 230 g/mol. The fourth-order valence-electron chi connectivity index (χ4n) is 2.39. The first-order valence-corrected chi connectivity index (χ1v) is 5.70. The highest BCUT2D eigenvalue weighted by molar-refractivity contribution is 5.79. The van der Waals surface area contributed by atoms with E-state index in [1.54, 1.807) is 19.1 Å². The van der Waals surface area contributed by atoms with E-state index in [-0.39, 0.29) is 11.5 Å². The zero-order chi connectivity index (χ0) is 12.4. The smallest absolute Gasteiger partial charge is 0.146 e. The van der Waals surface area contributed by atoms with Crippen molar-refractivity contribution in [2.24, 2.45) is 0 Å². The van der Waals surface area contributed by atoms with Crippen molar-refractivity contribution in [1.29, 1.82) is 0 Å². The summed E-state index contributed by atoms with van der Waals surface area (Å²) in [5.41, 5.74) is 3.43. The first-order valence-electron chi connectivity index (χ1n) is 5.70. The third-order valence-corrected chi connectivity index (χ3v) is 3.30. The fourth-order valence-corrected chi connectivity index (χ4v) is 2.39. The molecule has 0 radical (unpaired) electrons. The maximum atomic E-state index is 10.1. The number of aromatic hydroxyl groups is 2. The molecule has 0 bridgehead atoms. The lowest BCUT2D eigenvalue weighted by atomic mass is 10.2. The maximum absolute atomic E-state index is 10.1. The zero-order valence-corrected chi connectivity index (χ0v) is 9.70. The van der Waals surface area contributed by atoms with Crippen molar-refractivity contribution in [3.8, 4) is 17.2 Å². The van der Waals surface area contributed by atoms with Gasteiger partial charge in [-0.3, -0.25) is 0 Å². The van der Waals surface area contributed by atoms with E-state index in [1.165, 1.54) is 0 Å². The molecule has 0 saturated heterocycles. The van der Waals surface area contributed by atoms with E-state index in [4.69, 9.17) is 0 Å². The number of phenolic OH excluding ortho intramolecular Hbond substituents is 2. The predicted octanol–water partition coefficient (Wildman–Crippen LogP) is 2.14. The summed E-state index contributed by atoms with van der Waals surface area (Å²) < 4.78 is 3.87. The Morgan fingerprint density at radius 1 is 0.944 bits per heavy atom. The van der Waals surface area contributed by atoms with Gasteiger partial charge in [0.15, 0.2) is 0 Å². The topological polar surface area (TPSA) is 54.2 Å². The minimum absolute atomic E-state index is 0.151. The number of benzene rings is 2. The Kier molecular flexibility index (Phi) is 1.48. The monoisotopic (exact) mass is 241 g/mol. The molecule has 0 atom stereocenters. The molecule has 4 aromatic rings. The number of rotatable bonds is 1. The van der Waals surface area contributed by atoms with Crippen LogP contribution >= 0.6 is 0 Å². The van der Waals surface area contributed by atoms with Gasteiger partial charge in [-0.15, -0.1) is 14.1 Å². The Bertz CT molecular complexity index is 824. The van der Waals surface area contributed by atoms with Crippen molar-refractivity contribution in [3.05, 3.63) is 42.0 Å². The normalized spacial score (nSPS) is 12.1. The van der Waals surface area contributed by atoms with Crippen LogP contribution in [0.3, 0.4) is 0 Å². The Balaban J connectivity index is 2.01. The van der Waals surface area contributed by atoms with Gasteiger partial charge in [0.2, 0.25) is 0 Å². The molecule has 0 unspecified atom stereocenters. The molecule has 4 rings (SSSR count).